The fraction of sp³-hybridized carbons (Fsp3) is 0.211. The van der Waals surface area contributed by atoms with Crippen LogP contribution in [0.3, 0.4) is 0 Å². The molecule has 4 rings (SSSR count). The second kappa shape index (κ2) is 10.4. The van der Waals surface area contributed by atoms with Crippen LogP contribution < -0.4 is 16.0 Å². The van der Waals surface area contributed by atoms with E-state index >= 15 is 0 Å². The predicted molar refractivity (Wildman–Crippen MR) is 122 cm³/mol. The SMILES string of the molecule is Cn1ncc2cc(-c3ccc(S(=O)(=O)CC[NH3+])c(S(N)(=O)=O)c3-c3nn[nH]n3)ccc21.O=C([O-])C(F)(F)F. The van der Waals surface area contributed by atoms with Crippen molar-refractivity contribution >= 4 is 36.7 Å². The fourth-order valence-corrected chi connectivity index (χ4v) is 6.28. The molecule has 2 aromatic heterocycles. The maximum atomic E-state index is 12.8. The second-order valence-corrected chi connectivity index (χ2v) is 11.2. The van der Waals surface area contributed by atoms with Gasteiger partial charge in [-0.05, 0) is 34.5 Å². The van der Waals surface area contributed by atoms with Crippen molar-refractivity contribution in [2.24, 2.45) is 12.2 Å². The fourth-order valence-electron chi connectivity index (χ4n) is 3.45. The number of benzene rings is 2. The zero-order valence-electron chi connectivity index (χ0n) is 19.3. The predicted octanol–water partition coefficient (Wildman–Crippen LogP) is -1.62. The highest BCUT2D eigenvalue weighted by Gasteiger charge is 2.32. The van der Waals surface area contributed by atoms with Gasteiger partial charge in [0.25, 0.3) is 0 Å². The molecule has 0 fully saturated rings. The van der Waals surface area contributed by atoms with Gasteiger partial charge in [0.1, 0.15) is 16.6 Å². The van der Waals surface area contributed by atoms with Crippen LogP contribution in [0.4, 0.5) is 13.2 Å². The number of nitrogens with zero attached hydrogens (tertiary/aromatic N) is 5. The number of quaternary nitrogens is 1. The number of hydrogen-bond acceptors (Lipinski definition) is 10. The minimum absolute atomic E-state index is 0.0513. The van der Waals surface area contributed by atoms with E-state index in [1.54, 1.807) is 30.1 Å². The number of hydrogen-bond donors (Lipinski definition) is 3. The summed E-state index contributed by atoms with van der Waals surface area (Å²) in [6.07, 6.45) is -3.53. The lowest BCUT2D eigenvalue weighted by Gasteiger charge is -2.16. The summed E-state index contributed by atoms with van der Waals surface area (Å²) in [7, 11) is -6.69. The Morgan fingerprint density at radius 2 is 1.84 bits per heavy atom. The highest BCUT2D eigenvalue weighted by Crippen LogP contribution is 2.39. The molecule has 0 unspecified atom stereocenters. The number of fused-ring (bicyclic) bond motifs is 1. The van der Waals surface area contributed by atoms with Crippen LogP contribution in [-0.2, 0) is 31.7 Å². The Balaban J connectivity index is 0.000000505. The van der Waals surface area contributed by atoms with Crippen molar-refractivity contribution in [3.05, 3.63) is 36.5 Å². The number of primary sulfonamides is 1. The molecule has 6 N–H and O–H groups in total. The first-order valence-corrected chi connectivity index (χ1v) is 13.4. The molecule has 204 valence electrons. The number of sulfone groups is 1. The number of nitrogens with one attached hydrogen (secondary N) is 1. The largest absolute Gasteiger partial charge is 0.542 e. The molecule has 0 bridgehead atoms. The van der Waals surface area contributed by atoms with E-state index in [9.17, 15) is 30.0 Å². The molecule has 19 heteroatoms. The van der Waals surface area contributed by atoms with Gasteiger partial charge in [-0.1, -0.05) is 12.1 Å². The van der Waals surface area contributed by atoms with Gasteiger partial charge in [0.2, 0.25) is 15.8 Å². The average Bonchev–Trinajstić information content (AvgIpc) is 3.47. The Bertz CT molecular complexity index is 1700. The first kappa shape index (κ1) is 28.6. The molecule has 2 aromatic carbocycles. The van der Waals surface area contributed by atoms with Crippen LogP contribution >= 0.6 is 0 Å². The van der Waals surface area contributed by atoms with E-state index in [1.165, 1.54) is 12.1 Å². The molecule has 0 aliphatic carbocycles. The molecule has 0 amide bonds. The van der Waals surface area contributed by atoms with Crippen LogP contribution in [0.1, 0.15) is 0 Å². The van der Waals surface area contributed by atoms with Crippen molar-refractivity contribution in [3.63, 3.8) is 0 Å². The van der Waals surface area contributed by atoms with Gasteiger partial charge in [-0.15, -0.1) is 10.2 Å². The third kappa shape index (κ3) is 5.96. The van der Waals surface area contributed by atoms with Crippen molar-refractivity contribution in [2.75, 3.05) is 12.3 Å². The third-order valence-electron chi connectivity index (χ3n) is 5.01. The molecular weight excluding hydrogens is 557 g/mol. The zero-order chi connectivity index (χ0) is 28.5. The Hall–Kier alpha value is -3.94. The van der Waals surface area contributed by atoms with Crippen LogP contribution in [0.5, 0.6) is 0 Å². The van der Waals surface area contributed by atoms with Gasteiger partial charge < -0.3 is 15.6 Å². The topological polar surface area (TPSA) is 234 Å². The number of aromatic nitrogens is 6. The second-order valence-electron chi connectivity index (χ2n) is 7.60. The van der Waals surface area contributed by atoms with Crippen molar-refractivity contribution in [1.82, 2.24) is 30.4 Å². The lowest BCUT2D eigenvalue weighted by atomic mass is 9.98. The molecule has 4 aromatic rings. The first-order valence-electron chi connectivity index (χ1n) is 10.2. The number of carboxylic acid groups (broad SMARTS) is 1. The lowest BCUT2D eigenvalue weighted by Crippen LogP contribution is -2.53. The van der Waals surface area contributed by atoms with Crippen LogP contribution in [-0.4, -0.2) is 71.7 Å². The lowest BCUT2D eigenvalue weighted by molar-refractivity contribution is -0.360. The molecule has 0 atom stereocenters. The number of H-pyrrole nitrogens is 1. The van der Waals surface area contributed by atoms with E-state index in [2.05, 4.69) is 31.5 Å². The normalized spacial score (nSPS) is 12.3. The summed E-state index contributed by atoms with van der Waals surface area (Å²) in [5.41, 5.74) is 5.35. The molecule has 0 saturated heterocycles. The summed E-state index contributed by atoms with van der Waals surface area (Å²) in [4.78, 5) is 7.78. The number of aryl methyl sites for hydroxylation is 1. The highest BCUT2D eigenvalue weighted by molar-refractivity contribution is 7.93. The average molecular weight is 577 g/mol. The Kier molecular flexibility index (Phi) is 7.86. The van der Waals surface area contributed by atoms with Gasteiger partial charge in [-0.25, -0.2) is 22.0 Å². The Morgan fingerprint density at radius 3 is 2.37 bits per heavy atom. The van der Waals surface area contributed by atoms with Crippen molar-refractivity contribution in [3.8, 4) is 22.5 Å². The summed E-state index contributed by atoms with van der Waals surface area (Å²) in [6.45, 7) is 0.0589. The van der Waals surface area contributed by atoms with Crippen LogP contribution in [0.25, 0.3) is 33.4 Å². The van der Waals surface area contributed by atoms with Crippen molar-refractivity contribution < 1.29 is 45.6 Å². The van der Waals surface area contributed by atoms with Crippen molar-refractivity contribution in [1.29, 1.82) is 0 Å². The maximum absolute atomic E-state index is 12.8. The monoisotopic (exact) mass is 576 g/mol. The minimum Gasteiger partial charge on any atom is -0.542 e. The van der Waals surface area contributed by atoms with E-state index in [0.717, 1.165) is 10.9 Å². The summed E-state index contributed by atoms with van der Waals surface area (Å²) in [5.74, 6) is -3.45. The van der Waals surface area contributed by atoms with E-state index in [4.69, 9.17) is 15.0 Å². The number of tetrazole rings is 1. The number of carbonyl (C=O) groups excluding carboxylic acids is 1. The number of halogens is 3. The van der Waals surface area contributed by atoms with Gasteiger partial charge in [-0.2, -0.15) is 23.5 Å². The molecule has 14 nitrogen and oxygen atoms in total. The van der Waals surface area contributed by atoms with E-state index in [1.807, 2.05) is 6.07 Å². The molecule has 0 aliphatic rings. The number of carbonyl (C=O) groups is 1. The van der Waals surface area contributed by atoms with Gasteiger partial charge in [0, 0.05) is 12.4 Å². The van der Waals surface area contributed by atoms with E-state index in [-0.39, 0.29) is 23.7 Å². The molecule has 0 aliphatic heterocycles. The number of carboxylic acids is 1. The molecule has 2 heterocycles. The number of aromatic amines is 1. The number of nitrogens with two attached hydrogens (primary N) is 1. The number of rotatable bonds is 6. The third-order valence-corrected chi connectivity index (χ3v) is 7.97. The molecule has 0 radical (unpaired) electrons. The summed E-state index contributed by atoms with van der Waals surface area (Å²) < 4.78 is 84.1. The smallest absolute Gasteiger partial charge is 0.430 e. The minimum atomic E-state index is -5.19. The van der Waals surface area contributed by atoms with Crippen LogP contribution in [0, 0.1) is 0 Å². The zero-order valence-corrected chi connectivity index (χ0v) is 20.9. The van der Waals surface area contributed by atoms with Gasteiger partial charge in [-0.3, -0.25) is 4.68 Å². The maximum Gasteiger partial charge on any atom is 0.430 e. The van der Waals surface area contributed by atoms with E-state index in [0.29, 0.717) is 11.1 Å². The Labute approximate surface area is 212 Å². The van der Waals surface area contributed by atoms with Gasteiger partial charge in [0.15, 0.2) is 9.84 Å². The van der Waals surface area contributed by atoms with Crippen molar-refractivity contribution in [2.45, 2.75) is 16.0 Å². The summed E-state index contributed by atoms with van der Waals surface area (Å²) in [6, 6.07) is 8.13. The van der Waals surface area contributed by atoms with Gasteiger partial charge in [0.05, 0.1) is 28.7 Å². The van der Waals surface area contributed by atoms with Crippen LogP contribution in [0.2, 0.25) is 0 Å². The number of alkyl halides is 3. The molecule has 38 heavy (non-hydrogen) atoms. The number of sulfonamides is 1. The quantitative estimate of drug-likeness (QED) is 0.237. The molecule has 0 spiro atoms. The van der Waals surface area contributed by atoms with Crippen LogP contribution in [0.15, 0.2) is 46.3 Å². The molecular formula is C19H19F3N8O6S2. The summed E-state index contributed by atoms with van der Waals surface area (Å²) >= 11 is 0. The summed E-state index contributed by atoms with van der Waals surface area (Å²) in [5, 5.41) is 32.8. The standard InChI is InChI=1S/C17H18N8O4S2.C2HF3O2/c1-25-13-4-2-10(8-11(13)9-20-25)12-3-5-14(30(26,27)7-6-18)16(31(19,28)29)15(12)17-21-23-24-22-17;3-2(4,5)1(6)7/h2-5,8-9H,6-7,18H2,1H3,(H2,19,28,29)(H,21,22,23,24);(H,6,7). The number of aliphatic carboxylic acids is 1. The van der Waals surface area contributed by atoms with E-state index < -0.39 is 41.8 Å². The van der Waals surface area contributed by atoms with Gasteiger partial charge >= 0.3 is 6.18 Å². The Morgan fingerprint density at radius 1 is 1.18 bits per heavy atom. The first-order chi connectivity index (χ1) is 17.6. The highest BCUT2D eigenvalue weighted by atomic mass is 32.2. The molecule has 0 saturated carbocycles.